The van der Waals surface area contributed by atoms with E-state index in [1.807, 2.05) is 13.0 Å². The van der Waals surface area contributed by atoms with Crippen molar-refractivity contribution in [3.63, 3.8) is 0 Å². The minimum absolute atomic E-state index is 0.0844. The zero-order valence-electron chi connectivity index (χ0n) is 12.2. The van der Waals surface area contributed by atoms with E-state index in [1.165, 1.54) is 0 Å². The lowest BCUT2D eigenvalue weighted by molar-refractivity contribution is 0.312. The van der Waals surface area contributed by atoms with Crippen molar-refractivity contribution >= 4 is 15.9 Å². The number of hydrogen-bond donors (Lipinski definition) is 3. The predicted molar refractivity (Wildman–Crippen MR) is 80.8 cm³/mol. The second kappa shape index (κ2) is 6.03. The number of rotatable bonds is 4. The van der Waals surface area contributed by atoms with Crippen LogP contribution in [0.2, 0.25) is 0 Å². The van der Waals surface area contributed by atoms with Crippen molar-refractivity contribution < 1.29 is 13.6 Å². The van der Waals surface area contributed by atoms with Gasteiger partial charge in [-0.25, -0.2) is 13.1 Å². The maximum atomic E-state index is 12.6. The summed E-state index contributed by atoms with van der Waals surface area (Å²) in [7, 11) is -3.61. The molecule has 1 aliphatic rings. The summed E-state index contributed by atoms with van der Waals surface area (Å²) < 4.78 is 27.8. The Hall–Kier alpha value is -1.60. The molecule has 1 aromatic rings. The van der Waals surface area contributed by atoms with E-state index in [9.17, 15) is 8.42 Å². The molecule has 116 valence electrons. The molecule has 0 heterocycles. The zero-order valence-corrected chi connectivity index (χ0v) is 13.0. The van der Waals surface area contributed by atoms with Crippen LogP contribution < -0.4 is 10.5 Å². The quantitative estimate of drug-likeness (QED) is 0.339. The molecule has 7 heteroatoms. The highest BCUT2D eigenvalue weighted by atomic mass is 32.2. The van der Waals surface area contributed by atoms with Crippen LogP contribution in [0.4, 0.5) is 0 Å². The fourth-order valence-corrected chi connectivity index (χ4v) is 4.43. The fourth-order valence-electron chi connectivity index (χ4n) is 2.79. The Bertz CT molecular complexity index is 655. The van der Waals surface area contributed by atoms with Gasteiger partial charge in [-0.3, -0.25) is 0 Å². The van der Waals surface area contributed by atoms with Crippen molar-refractivity contribution in [2.24, 2.45) is 16.8 Å². The van der Waals surface area contributed by atoms with Gasteiger partial charge in [-0.15, -0.1) is 0 Å². The molecule has 1 aliphatic carbocycles. The number of nitrogens with zero attached hydrogens (tertiary/aromatic N) is 1. The standard InChI is InChI=1S/C14H21N3O3S/c1-9-6-7-10(2)13(8-9)21(19,20)17-12-5-3-4-11(12)14(15)16-18/h6-8,11-12,17-18H,3-5H2,1-2H3,(H2,15,16). The molecule has 0 radical (unpaired) electrons. The second-order valence-corrected chi connectivity index (χ2v) is 7.24. The van der Waals surface area contributed by atoms with E-state index in [1.54, 1.807) is 19.1 Å². The Kier molecular flexibility index (Phi) is 4.53. The molecule has 0 bridgehead atoms. The number of nitrogens with two attached hydrogens (primary N) is 1. The molecular formula is C14H21N3O3S. The van der Waals surface area contributed by atoms with Gasteiger partial charge in [0.1, 0.15) is 5.84 Å². The third kappa shape index (κ3) is 3.36. The van der Waals surface area contributed by atoms with E-state index in [0.717, 1.165) is 18.4 Å². The minimum Gasteiger partial charge on any atom is -0.409 e. The van der Waals surface area contributed by atoms with E-state index in [2.05, 4.69) is 9.88 Å². The van der Waals surface area contributed by atoms with Gasteiger partial charge >= 0.3 is 0 Å². The summed E-state index contributed by atoms with van der Waals surface area (Å²) in [6.45, 7) is 3.62. The van der Waals surface area contributed by atoms with Crippen LogP contribution in [0.5, 0.6) is 0 Å². The van der Waals surface area contributed by atoms with Crippen molar-refractivity contribution in [2.75, 3.05) is 0 Å². The Labute approximate surface area is 125 Å². The smallest absolute Gasteiger partial charge is 0.241 e. The number of hydrogen-bond acceptors (Lipinski definition) is 4. The van der Waals surface area contributed by atoms with E-state index in [4.69, 9.17) is 10.9 Å². The monoisotopic (exact) mass is 311 g/mol. The highest BCUT2D eigenvalue weighted by Crippen LogP contribution is 2.28. The first-order valence-electron chi connectivity index (χ1n) is 6.92. The number of benzene rings is 1. The molecular weight excluding hydrogens is 290 g/mol. The van der Waals surface area contributed by atoms with Crippen LogP contribution >= 0.6 is 0 Å². The molecule has 1 saturated carbocycles. The van der Waals surface area contributed by atoms with E-state index in [-0.39, 0.29) is 22.7 Å². The molecule has 0 saturated heterocycles. The Morgan fingerprint density at radius 2 is 2.10 bits per heavy atom. The SMILES string of the molecule is Cc1ccc(C)c(S(=O)(=O)NC2CCCC2C(N)=NO)c1. The molecule has 0 aliphatic heterocycles. The highest BCUT2D eigenvalue weighted by Gasteiger charge is 2.34. The lowest BCUT2D eigenvalue weighted by atomic mass is 10.0. The number of nitrogens with one attached hydrogen (secondary N) is 1. The largest absolute Gasteiger partial charge is 0.409 e. The average Bonchev–Trinajstić information content (AvgIpc) is 2.87. The molecule has 4 N–H and O–H groups in total. The van der Waals surface area contributed by atoms with Crippen LogP contribution in [0.25, 0.3) is 0 Å². The molecule has 6 nitrogen and oxygen atoms in total. The van der Waals surface area contributed by atoms with Gasteiger partial charge in [0.25, 0.3) is 0 Å². The zero-order chi connectivity index (χ0) is 15.6. The number of aryl methyl sites for hydroxylation is 2. The number of oxime groups is 1. The maximum absolute atomic E-state index is 12.6. The van der Waals surface area contributed by atoms with Gasteiger partial charge in [-0.2, -0.15) is 0 Å². The van der Waals surface area contributed by atoms with E-state index < -0.39 is 10.0 Å². The van der Waals surface area contributed by atoms with Crippen LogP contribution in [-0.2, 0) is 10.0 Å². The summed E-state index contributed by atoms with van der Waals surface area (Å²) in [5, 5.41) is 11.8. The van der Waals surface area contributed by atoms with Gasteiger partial charge in [0.2, 0.25) is 10.0 Å². The highest BCUT2D eigenvalue weighted by molar-refractivity contribution is 7.89. The summed E-state index contributed by atoms with van der Waals surface area (Å²) >= 11 is 0. The van der Waals surface area contributed by atoms with Gasteiger partial charge in [0, 0.05) is 12.0 Å². The normalized spacial score (nSPS) is 23.4. The van der Waals surface area contributed by atoms with Gasteiger partial charge in [-0.05, 0) is 43.9 Å². The lowest BCUT2D eigenvalue weighted by Gasteiger charge is -2.20. The average molecular weight is 311 g/mol. The molecule has 21 heavy (non-hydrogen) atoms. The maximum Gasteiger partial charge on any atom is 0.241 e. The molecule has 2 unspecified atom stereocenters. The van der Waals surface area contributed by atoms with Gasteiger partial charge in [-0.1, -0.05) is 23.7 Å². The van der Waals surface area contributed by atoms with Crippen LogP contribution in [-0.4, -0.2) is 25.5 Å². The first-order valence-corrected chi connectivity index (χ1v) is 8.40. The molecule has 2 atom stereocenters. The lowest BCUT2D eigenvalue weighted by Crippen LogP contribution is -2.42. The molecule has 1 fully saturated rings. The number of amidine groups is 1. The molecule has 0 aromatic heterocycles. The minimum atomic E-state index is -3.61. The summed E-state index contributed by atoms with van der Waals surface area (Å²) in [6, 6.07) is 5.00. The van der Waals surface area contributed by atoms with Crippen LogP contribution in [0.3, 0.4) is 0 Å². The molecule has 0 spiro atoms. The number of sulfonamides is 1. The van der Waals surface area contributed by atoms with Crippen molar-refractivity contribution in [3.05, 3.63) is 29.3 Å². The summed E-state index contributed by atoms with van der Waals surface area (Å²) in [5.74, 6) is -0.170. The van der Waals surface area contributed by atoms with Crippen molar-refractivity contribution in [2.45, 2.75) is 44.0 Å². The van der Waals surface area contributed by atoms with Gasteiger partial charge in [0.15, 0.2) is 0 Å². The summed E-state index contributed by atoms with van der Waals surface area (Å²) in [4.78, 5) is 0.285. The molecule has 2 rings (SSSR count). The van der Waals surface area contributed by atoms with Crippen LogP contribution in [0, 0.1) is 19.8 Å². The Morgan fingerprint density at radius 3 is 2.76 bits per heavy atom. The van der Waals surface area contributed by atoms with Crippen LogP contribution in [0.1, 0.15) is 30.4 Å². The Balaban J connectivity index is 2.27. The first-order chi connectivity index (χ1) is 9.85. The van der Waals surface area contributed by atoms with Crippen LogP contribution in [0.15, 0.2) is 28.3 Å². The van der Waals surface area contributed by atoms with E-state index in [0.29, 0.717) is 12.0 Å². The van der Waals surface area contributed by atoms with Gasteiger partial charge < -0.3 is 10.9 Å². The van der Waals surface area contributed by atoms with E-state index >= 15 is 0 Å². The topological polar surface area (TPSA) is 105 Å². The molecule has 1 aromatic carbocycles. The molecule has 0 amide bonds. The van der Waals surface area contributed by atoms with Crippen molar-refractivity contribution in [1.82, 2.24) is 4.72 Å². The second-order valence-electron chi connectivity index (χ2n) is 5.56. The fraction of sp³-hybridized carbons (Fsp3) is 0.500. The predicted octanol–water partition coefficient (Wildman–Crippen LogP) is 1.50. The summed E-state index contributed by atoms with van der Waals surface area (Å²) in [5.41, 5.74) is 7.24. The van der Waals surface area contributed by atoms with Gasteiger partial charge in [0.05, 0.1) is 4.90 Å². The third-order valence-electron chi connectivity index (χ3n) is 3.95. The van der Waals surface area contributed by atoms with Crippen molar-refractivity contribution in [3.8, 4) is 0 Å². The Morgan fingerprint density at radius 1 is 1.38 bits per heavy atom. The van der Waals surface area contributed by atoms with Crippen molar-refractivity contribution in [1.29, 1.82) is 0 Å². The first kappa shape index (κ1) is 15.8. The summed E-state index contributed by atoms with van der Waals surface area (Å²) in [6.07, 6.45) is 2.25. The third-order valence-corrected chi connectivity index (χ3v) is 5.58.